The van der Waals surface area contributed by atoms with E-state index in [4.69, 9.17) is 4.74 Å². The van der Waals surface area contributed by atoms with Crippen LogP contribution in [-0.2, 0) is 14.3 Å². The normalized spacial score (nSPS) is 23.4. The lowest BCUT2D eigenvalue weighted by Crippen LogP contribution is -2.48. The van der Waals surface area contributed by atoms with Gasteiger partial charge in [-0.05, 0) is 66.7 Å². The van der Waals surface area contributed by atoms with Gasteiger partial charge in [-0.1, -0.05) is 48.5 Å². The molecule has 5 rings (SSSR count). The van der Waals surface area contributed by atoms with E-state index >= 15 is 0 Å². The molecule has 2 fully saturated rings. The maximum atomic E-state index is 12.8. The highest BCUT2D eigenvalue weighted by molar-refractivity contribution is 5.84. The first-order valence-electron chi connectivity index (χ1n) is 12.6. The number of carbonyl (C=O) groups excluding carboxylic acids is 2. The molecule has 7 nitrogen and oxygen atoms in total. The second kappa shape index (κ2) is 10.1. The summed E-state index contributed by atoms with van der Waals surface area (Å²) < 4.78 is 5.66. The number of amides is 2. The summed E-state index contributed by atoms with van der Waals surface area (Å²) in [4.78, 5) is 38.5. The zero-order valence-electron chi connectivity index (χ0n) is 19.8. The van der Waals surface area contributed by atoms with Crippen LogP contribution in [0.3, 0.4) is 0 Å². The van der Waals surface area contributed by atoms with Crippen LogP contribution in [0.25, 0.3) is 11.1 Å². The summed E-state index contributed by atoms with van der Waals surface area (Å²) in [5, 5.41) is 12.4. The molecule has 3 aliphatic rings. The van der Waals surface area contributed by atoms with Crippen LogP contribution in [0.15, 0.2) is 48.5 Å². The number of rotatable bonds is 6. The number of hydrogen-bond donors (Lipinski definition) is 2. The predicted molar refractivity (Wildman–Crippen MR) is 131 cm³/mol. The van der Waals surface area contributed by atoms with Gasteiger partial charge in [0.2, 0.25) is 5.91 Å². The van der Waals surface area contributed by atoms with Crippen molar-refractivity contribution >= 4 is 18.0 Å². The van der Waals surface area contributed by atoms with Gasteiger partial charge < -0.3 is 20.1 Å². The van der Waals surface area contributed by atoms with Crippen molar-refractivity contribution in [1.29, 1.82) is 0 Å². The van der Waals surface area contributed by atoms with Crippen molar-refractivity contribution in [2.45, 2.75) is 62.9 Å². The number of carboxylic acid groups (broad SMARTS) is 1. The molecule has 35 heavy (non-hydrogen) atoms. The Morgan fingerprint density at radius 2 is 1.63 bits per heavy atom. The lowest BCUT2D eigenvalue weighted by molar-refractivity contribution is -0.152. The van der Waals surface area contributed by atoms with Crippen LogP contribution < -0.4 is 5.32 Å². The summed E-state index contributed by atoms with van der Waals surface area (Å²) in [5.41, 5.74) is 4.75. The van der Waals surface area contributed by atoms with Crippen molar-refractivity contribution in [3.8, 4) is 11.1 Å². The van der Waals surface area contributed by atoms with Crippen molar-refractivity contribution in [3.63, 3.8) is 0 Å². The lowest BCUT2D eigenvalue weighted by Gasteiger charge is -2.33. The Bertz CT molecular complexity index is 1070. The van der Waals surface area contributed by atoms with Crippen LogP contribution >= 0.6 is 0 Å². The molecule has 0 unspecified atom stereocenters. The minimum Gasteiger partial charge on any atom is -0.480 e. The number of likely N-dealkylation sites (tertiary alicyclic amines) is 1. The number of ether oxygens (including phenoxy) is 1. The summed E-state index contributed by atoms with van der Waals surface area (Å²) in [6, 6.07) is 15.8. The molecule has 2 N–H and O–H groups in total. The summed E-state index contributed by atoms with van der Waals surface area (Å²) >= 11 is 0. The lowest BCUT2D eigenvalue weighted by atomic mass is 9.98. The quantitative estimate of drug-likeness (QED) is 0.638. The minimum absolute atomic E-state index is 0.0221. The second-order valence-electron chi connectivity index (χ2n) is 9.99. The first-order chi connectivity index (χ1) is 17.0. The Morgan fingerprint density at radius 1 is 0.943 bits per heavy atom. The number of carbonyl (C=O) groups is 3. The van der Waals surface area contributed by atoms with Gasteiger partial charge >= 0.3 is 12.1 Å². The molecule has 0 bridgehead atoms. The zero-order chi connectivity index (χ0) is 24.4. The molecule has 184 valence electrons. The number of nitrogens with zero attached hydrogens (tertiary/aromatic N) is 1. The number of nitrogens with one attached hydrogen (secondary N) is 1. The maximum Gasteiger partial charge on any atom is 0.407 e. The summed E-state index contributed by atoms with van der Waals surface area (Å²) in [7, 11) is 0. The molecule has 2 aromatic rings. The largest absolute Gasteiger partial charge is 0.480 e. The molecule has 0 spiro atoms. The highest BCUT2D eigenvalue weighted by Crippen LogP contribution is 2.44. The topological polar surface area (TPSA) is 95.9 Å². The van der Waals surface area contributed by atoms with Crippen LogP contribution in [0.4, 0.5) is 4.79 Å². The van der Waals surface area contributed by atoms with Crippen molar-refractivity contribution < 1.29 is 24.2 Å². The predicted octanol–water partition coefficient (Wildman–Crippen LogP) is 4.55. The Labute approximate surface area is 205 Å². The first kappa shape index (κ1) is 23.4. The fraction of sp³-hybridized carbons (Fsp3) is 0.464. The van der Waals surface area contributed by atoms with Crippen molar-refractivity contribution in [3.05, 3.63) is 59.7 Å². The Kier molecular flexibility index (Phi) is 6.75. The Morgan fingerprint density at radius 3 is 2.31 bits per heavy atom. The molecule has 1 saturated carbocycles. The average molecular weight is 477 g/mol. The van der Waals surface area contributed by atoms with Crippen LogP contribution in [0.5, 0.6) is 0 Å². The van der Waals surface area contributed by atoms with E-state index in [1.807, 2.05) is 24.3 Å². The smallest absolute Gasteiger partial charge is 0.407 e. The zero-order valence-corrected chi connectivity index (χ0v) is 19.8. The summed E-state index contributed by atoms with van der Waals surface area (Å²) in [6.07, 6.45) is 4.48. The standard InChI is InChI=1S/C28H32N2O5/c31-26(30-14-6-5-11-25(30)27(32)33)16-18-12-13-19(15-18)29-28(34)35-17-24-22-9-3-1-7-20(22)21-8-2-4-10-23(21)24/h1-4,7-10,18-19,24-25H,5-6,11-17H2,(H,29,34)(H,32,33)/t18-,19+,25+/m1/s1. The molecule has 1 heterocycles. The number of hydrogen-bond acceptors (Lipinski definition) is 4. The molecular formula is C28H32N2O5. The molecule has 0 radical (unpaired) electrons. The van der Waals surface area contributed by atoms with Gasteiger partial charge in [-0.25, -0.2) is 9.59 Å². The van der Waals surface area contributed by atoms with Gasteiger partial charge in [0.15, 0.2) is 0 Å². The fourth-order valence-electron chi connectivity index (χ4n) is 6.05. The van der Waals surface area contributed by atoms with Crippen LogP contribution in [-0.4, -0.2) is 53.2 Å². The van der Waals surface area contributed by atoms with Gasteiger partial charge in [-0.3, -0.25) is 4.79 Å². The molecule has 2 aromatic carbocycles. The average Bonchev–Trinajstić information content (AvgIpc) is 3.44. The van der Waals surface area contributed by atoms with Crippen LogP contribution in [0, 0.1) is 5.92 Å². The number of aliphatic carboxylic acids is 1. The van der Waals surface area contributed by atoms with E-state index in [-0.39, 0.29) is 30.4 Å². The Hall–Kier alpha value is -3.35. The third-order valence-corrected chi connectivity index (χ3v) is 7.78. The van der Waals surface area contributed by atoms with Crippen molar-refractivity contribution in [2.75, 3.05) is 13.2 Å². The van der Waals surface area contributed by atoms with Gasteiger partial charge in [0.25, 0.3) is 0 Å². The minimum atomic E-state index is -0.917. The fourth-order valence-corrected chi connectivity index (χ4v) is 6.05. The summed E-state index contributed by atoms with van der Waals surface area (Å²) in [5.74, 6) is -0.824. The van der Waals surface area contributed by atoms with E-state index in [9.17, 15) is 19.5 Å². The van der Waals surface area contributed by atoms with E-state index in [0.29, 0.717) is 25.8 Å². The van der Waals surface area contributed by atoms with Gasteiger partial charge in [-0.15, -0.1) is 0 Å². The molecule has 0 aromatic heterocycles. The Balaban J connectivity index is 1.12. The van der Waals surface area contributed by atoms with Gasteiger partial charge in [0.1, 0.15) is 12.6 Å². The van der Waals surface area contributed by atoms with Crippen molar-refractivity contribution in [1.82, 2.24) is 10.2 Å². The first-order valence-corrected chi connectivity index (χ1v) is 12.6. The molecule has 2 aliphatic carbocycles. The molecule has 3 atom stereocenters. The van der Waals surface area contributed by atoms with E-state index in [0.717, 1.165) is 25.7 Å². The van der Waals surface area contributed by atoms with Crippen LogP contribution in [0.1, 0.15) is 62.0 Å². The van der Waals surface area contributed by atoms with E-state index in [2.05, 4.69) is 29.6 Å². The number of fused-ring (bicyclic) bond motifs is 3. The van der Waals surface area contributed by atoms with Gasteiger partial charge in [-0.2, -0.15) is 0 Å². The third-order valence-electron chi connectivity index (χ3n) is 7.78. The van der Waals surface area contributed by atoms with Crippen LogP contribution in [0.2, 0.25) is 0 Å². The number of carboxylic acids is 1. The monoisotopic (exact) mass is 476 g/mol. The van der Waals surface area contributed by atoms with Gasteiger partial charge in [0.05, 0.1) is 0 Å². The number of alkyl carbamates (subject to hydrolysis) is 1. The highest BCUT2D eigenvalue weighted by Gasteiger charge is 2.35. The number of benzene rings is 2. The van der Waals surface area contributed by atoms with E-state index < -0.39 is 18.1 Å². The highest BCUT2D eigenvalue weighted by atomic mass is 16.5. The SMILES string of the molecule is O=C(N[C@H]1CC[C@@H](CC(=O)N2CCCC[C@H]2C(=O)O)C1)OCC1c2ccccc2-c2ccccc21. The second-order valence-corrected chi connectivity index (χ2v) is 9.99. The van der Waals surface area contributed by atoms with Crippen molar-refractivity contribution in [2.24, 2.45) is 5.92 Å². The third kappa shape index (κ3) is 4.90. The number of piperidine rings is 1. The molecule has 1 saturated heterocycles. The molecule has 7 heteroatoms. The van der Waals surface area contributed by atoms with E-state index in [1.165, 1.54) is 27.2 Å². The maximum absolute atomic E-state index is 12.8. The summed E-state index contributed by atoms with van der Waals surface area (Å²) in [6.45, 7) is 0.796. The van der Waals surface area contributed by atoms with E-state index in [1.54, 1.807) is 0 Å². The molecular weight excluding hydrogens is 444 g/mol. The molecule has 2 amide bonds. The van der Waals surface area contributed by atoms with Gasteiger partial charge in [0, 0.05) is 24.9 Å². The molecule has 1 aliphatic heterocycles.